The summed E-state index contributed by atoms with van der Waals surface area (Å²) in [6, 6.07) is 11.9. The molecule has 2 heterocycles. The Bertz CT molecular complexity index is 722. The van der Waals surface area contributed by atoms with E-state index in [1.807, 2.05) is 47.3 Å². The fourth-order valence-electron chi connectivity index (χ4n) is 2.75. The molecule has 1 aliphatic heterocycles. The highest BCUT2D eigenvalue weighted by molar-refractivity contribution is 7.90. The van der Waals surface area contributed by atoms with Crippen molar-refractivity contribution in [1.29, 1.82) is 0 Å². The third-order valence-corrected chi connectivity index (χ3v) is 5.96. The maximum atomic E-state index is 12.3. The lowest BCUT2D eigenvalue weighted by Gasteiger charge is -2.22. The van der Waals surface area contributed by atoms with Gasteiger partial charge in [-0.3, -0.25) is 4.68 Å². The number of hydrogen-bond donors (Lipinski definition) is 2. The van der Waals surface area contributed by atoms with Crippen LogP contribution >= 0.6 is 0 Å². The summed E-state index contributed by atoms with van der Waals surface area (Å²) in [5.74, 6) is 0. The lowest BCUT2D eigenvalue weighted by Crippen LogP contribution is -2.41. The Kier molecular flexibility index (Phi) is 5.09. The molecule has 0 unspecified atom stereocenters. The zero-order valence-corrected chi connectivity index (χ0v) is 13.8. The highest BCUT2D eigenvalue weighted by Gasteiger charge is 2.26. The molecule has 124 valence electrons. The Hall–Kier alpha value is -1.70. The molecular formula is C16H22N4O2S. The van der Waals surface area contributed by atoms with E-state index >= 15 is 0 Å². The van der Waals surface area contributed by atoms with Gasteiger partial charge in [-0.25, -0.2) is 13.1 Å². The van der Waals surface area contributed by atoms with Gasteiger partial charge in [-0.1, -0.05) is 30.3 Å². The third-order valence-electron chi connectivity index (χ3n) is 4.06. The first kappa shape index (κ1) is 16.2. The number of sulfonamides is 1. The molecule has 1 fully saturated rings. The Labute approximate surface area is 137 Å². The molecule has 1 aliphatic rings. The average Bonchev–Trinajstić information content (AvgIpc) is 3.02. The van der Waals surface area contributed by atoms with Gasteiger partial charge in [0.15, 0.2) is 0 Å². The Morgan fingerprint density at radius 1 is 1.17 bits per heavy atom. The van der Waals surface area contributed by atoms with Crippen LogP contribution in [0.2, 0.25) is 0 Å². The normalized spacial score (nSPS) is 16.5. The van der Waals surface area contributed by atoms with E-state index in [4.69, 9.17) is 0 Å². The van der Waals surface area contributed by atoms with E-state index < -0.39 is 10.0 Å². The molecule has 3 rings (SSSR count). The molecule has 0 radical (unpaired) electrons. The van der Waals surface area contributed by atoms with E-state index in [1.54, 1.807) is 0 Å². The third kappa shape index (κ3) is 4.40. The zero-order chi connectivity index (χ0) is 16.1. The van der Waals surface area contributed by atoms with Gasteiger partial charge in [-0.15, -0.1) is 0 Å². The molecule has 7 heteroatoms. The predicted octanol–water partition coefficient (Wildman–Crippen LogP) is 1.10. The van der Waals surface area contributed by atoms with Crippen LogP contribution in [0.1, 0.15) is 24.1 Å². The van der Waals surface area contributed by atoms with E-state index in [0.29, 0.717) is 19.4 Å². The van der Waals surface area contributed by atoms with Gasteiger partial charge >= 0.3 is 0 Å². The highest BCUT2D eigenvalue weighted by Crippen LogP contribution is 2.12. The number of rotatable bonds is 6. The summed E-state index contributed by atoms with van der Waals surface area (Å²) in [6.07, 6.45) is 3.21. The van der Waals surface area contributed by atoms with Crippen LogP contribution in [0.4, 0.5) is 0 Å². The van der Waals surface area contributed by atoms with Crippen LogP contribution in [-0.2, 0) is 23.1 Å². The molecule has 23 heavy (non-hydrogen) atoms. The smallest absolute Gasteiger partial charge is 0.214 e. The molecule has 1 aromatic carbocycles. The molecule has 0 bridgehead atoms. The molecule has 6 nitrogen and oxygen atoms in total. The van der Waals surface area contributed by atoms with Gasteiger partial charge < -0.3 is 5.32 Å². The number of benzene rings is 1. The maximum Gasteiger partial charge on any atom is 0.214 e. The van der Waals surface area contributed by atoms with Gasteiger partial charge in [-0.2, -0.15) is 5.10 Å². The van der Waals surface area contributed by atoms with E-state index in [1.165, 1.54) is 0 Å². The first-order valence-corrected chi connectivity index (χ1v) is 9.43. The van der Waals surface area contributed by atoms with E-state index in [9.17, 15) is 8.42 Å². The molecule has 1 aromatic heterocycles. The van der Waals surface area contributed by atoms with Gasteiger partial charge in [0.25, 0.3) is 0 Å². The summed E-state index contributed by atoms with van der Waals surface area (Å²) in [5, 5.41) is 7.31. The highest BCUT2D eigenvalue weighted by atomic mass is 32.2. The SMILES string of the molecule is O=S(=O)(NCc1ccn(Cc2ccccc2)n1)C1CCNCC1. The predicted molar refractivity (Wildman–Crippen MR) is 89.4 cm³/mol. The quantitative estimate of drug-likeness (QED) is 0.829. The summed E-state index contributed by atoms with van der Waals surface area (Å²) >= 11 is 0. The monoisotopic (exact) mass is 334 g/mol. The fraction of sp³-hybridized carbons (Fsp3) is 0.438. The number of piperidine rings is 1. The van der Waals surface area contributed by atoms with Crippen molar-refractivity contribution in [2.24, 2.45) is 0 Å². The van der Waals surface area contributed by atoms with E-state index in [-0.39, 0.29) is 11.8 Å². The first-order valence-electron chi connectivity index (χ1n) is 7.89. The summed E-state index contributed by atoms with van der Waals surface area (Å²) in [7, 11) is -3.27. The summed E-state index contributed by atoms with van der Waals surface area (Å²) < 4.78 is 29.1. The second-order valence-corrected chi connectivity index (χ2v) is 7.85. The van der Waals surface area contributed by atoms with Crippen molar-refractivity contribution in [2.45, 2.75) is 31.2 Å². The Balaban J connectivity index is 1.56. The van der Waals surface area contributed by atoms with Crippen molar-refractivity contribution < 1.29 is 8.42 Å². The summed E-state index contributed by atoms with van der Waals surface area (Å²) in [4.78, 5) is 0. The topological polar surface area (TPSA) is 76.0 Å². The van der Waals surface area contributed by atoms with Crippen LogP contribution in [-0.4, -0.2) is 36.5 Å². The zero-order valence-electron chi connectivity index (χ0n) is 13.0. The summed E-state index contributed by atoms with van der Waals surface area (Å²) in [6.45, 7) is 2.45. The number of aromatic nitrogens is 2. The lowest BCUT2D eigenvalue weighted by atomic mass is 10.2. The second kappa shape index (κ2) is 7.25. The molecule has 0 saturated carbocycles. The number of nitrogens with zero attached hydrogens (tertiary/aromatic N) is 2. The van der Waals surface area contributed by atoms with Crippen molar-refractivity contribution in [3.8, 4) is 0 Å². The van der Waals surface area contributed by atoms with E-state index in [0.717, 1.165) is 24.3 Å². The van der Waals surface area contributed by atoms with Crippen molar-refractivity contribution in [3.63, 3.8) is 0 Å². The minimum absolute atomic E-state index is 0.244. The second-order valence-electron chi connectivity index (χ2n) is 5.81. The average molecular weight is 334 g/mol. The van der Waals surface area contributed by atoms with Crippen molar-refractivity contribution in [2.75, 3.05) is 13.1 Å². The van der Waals surface area contributed by atoms with Crippen LogP contribution < -0.4 is 10.0 Å². The van der Waals surface area contributed by atoms with Crippen LogP contribution in [0.3, 0.4) is 0 Å². The molecule has 0 aliphatic carbocycles. The minimum Gasteiger partial charge on any atom is -0.317 e. The van der Waals surface area contributed by atoms with Crippen molar-refractivity contribution in [1.82, 2.24) is 19.8 Å². The van der Waals surface area contributed by atoms with Gasteiger partial charge in [0.2, 0.25) is 10.0 Å². The maximum absolute atomic E-state index is 12.3. The van der Waals surface area contributed by atoms with Crippen molar-refractivity contribution in [3.05, 3.63) is 53.9 Å². The van der Waals surface area contributed by atoms with Crippen LogP contribution in [0, 0.1) is 0 Å². The van der Waals surface area contributed by atoms with Crippen LogP contribution in [0.25, 0.3) is 0 Å². The Morgan fingerprint density at radius 3 is 2.65 bits per heavy atom. The standard InChI is InChI=1S/C16H22N4O2S/c21-23(22,16-6-9-17-10-7-16)18-12-15-8-11-20(19-15)13-14-4-2-1-3-5-14/h1-5,8,11,16-18H,6-7,9-10,12-13H2. The molecule has 2 aromatic rings. The minimum atomic E-state index is -3.27. The van der Waals surface area contributed by atoms with E-state index in [2.05, 4.69) is 15.1 Å². The van der Waals surface area contributed by atoms with Crippen molar-refractivity contribution >= 4 is 10.0 Å². The van der Waals surface area contributed by atoms with Gasteiger partial charge in [0, 0.05) is 6.20 Å². The molecule has 1 saturated heterocycles. The van der Waals surface area contributed by atoms with Crippen LogP contribution in [0.5, 0.6) is 0 Å². The number of hydrogen-bond acceptors (Lipinski definition) is 4. The van der Waals surface area contributed by atoms with Gasteiger partial charge in [-0.05, 0) is 37.6 Å². The molecule has 2 N–H and O–H groups in total. The Morgan fingerprint density at radius 2 is 1.91 bits per heavy atom. The summed E-state index contributed by atoms with van der Waals surface area (Å²) in [5.41, 5.74) is 1.90. The largest absolute Gasteiger partial charge is 0.317 e. The fourth-order valence-corrected chi connectivity index (χ4v) is 4.20. The molecule has 0 atom stereocenters. The number of nitrogens with one attached hydrogen (secondary N) is 2. The van der Waals surface area contributed by atoms with Gasteiger partial charge in [0.1, 0.15) is 0 Å². The first-order chi connectivity index (χ1) is 11.1. The molecular weight excluding hydrogens is 312 g/mol. The lowest BCUT2D eigenvalue weighted by molar-refractivity contribution is 0.489. The van der Waals surface area contributed by atoms with Crippen LogP contribution in [0.15, 0.2) is 42.6 Å². The molecule has 0 spiro atoms. The molecule has 0 amide bonds. The van der Waals surface area contributed by atoms with Gasteiger partial charge in [0.05, 0.1) is 24.0 Å².